The second-order valence-corrected chi connectivity index (χ2v) is 9.78. The van der Waals surface area contributed by atoms with Gasteiger partial charge in [-0.2, -0.15) is 0 Å². The number of hydrogen-bond donors (Lipinski definition) is 1. The first-order valence-corrected chi connectivity index (χ1v) is 13.4. The minimum Gasteiger partial charge on any atom is -0.497 e. The molecular formula is C31H28N4O3S. The van der Waals surface area contributed by atoms with Gasteiger partial charge in [0.1, 0.15) is 18.1 Å². The quantitative estimate of drug-likeness (QED) is 0.204. The first-order chi connectivity index (χ1) is 19.1. The Labute approximate surface area is 231 Å². The van der Waals surface area contributed by atoms with Crippen molar-refractivity contribution in [3.8, 4) is 28.6 Å². The van der Waals surface area contributed by atoms with Crippen molar-refractivity contribution in [1.82, 2.24) is 14.8 Å². The Morgan fingerprint density at radius 3 is 2.23 bits per heavy atom. The van der Waals surface area contributed by atoms with Crippen molar-refractivity contribution >= 4 is 23.4 Å². The molecule has 1 N–H and O–H groups in total. The fraction of sp³-hybridized carbons (Fsp3) is 0.129. The van der Waals surface area contributed by atoms with Crippen LogP contribution in [-0.4, -0.2) is 33.5 Å². The van der Waals surface area contributed by atoms with Crippen LogP contribution in [-0.2, 0) is 11.4 Å². The molecule has 1 heterocycles. The monoisotopic (exact) mass is 536 g/mol. The largest absolute Gasteiger partial charge is 0.497 e. The van der Waals surface area contributed by atoms with Gasteiger partial charge in [-0.25, -0.2) is 0 Å². The molecular weight excluding hydrogens is 508 g/mol. The van der Waals surface area contributed by atoms with E-state index < -0.39 is 0 Å². The lowest BCUT2D eigenvalue weighted by Crippen LogP contribution is -2.14. The van der Waals surface area contributed by atoms with Crippen LogP contribution in [0.4, 0.5) is 5.69 Å². The molecule has 0 fully saturated rings. The van der Waals surface area contributed by atoms with Crippen LogP contribution < -0.4 is 14.8 Å². The molecule has 0 saturated heterocycles. The molecule has 0 aliphatic heterocycles. The summed E-state index contributed by atoms with van der Waals surface area (Å²) in [6.45, 7) is 2.53. The maximum Gasteiger partial charge on any atom is 0.234 e. The minimum atomic E-state index is -0.140. The van der Waals surface area contributed by atoms with E-state index in [0.717, 1.165) is 33.9 Å². The smallest absolute Gasteiger partial charge is 0.234 e. The summed E-state index contributed by atoms with van der Waals surface area (Å²) in [5, 5.41) is 12.4. The fourth-order valence-corrected chi connectivity index (χ4v) is 4.67. The number of nitrogens with zero attached hydrogens (tertiary/aromatic N) is 3. The van der Waals surface area contributed by atoms with E-state index in [1.54, 1.807) is 7.11 Å². The maximum atomic E-state index is 12.8. The number of amides is 1. The van der Waals surface area contributed by atoms with Crippen LogP contribution in [0.25, 0.3) is 17.1 Å². The van der Waals surface area contributed by atoms with Crippen molar-refractivity contribution in [2.75, 3.05) is 18.2 Å². The molecule has 8 heteroatoms. The van der Waals surface area contributed by atoms with E-state index in [1.165, 1.54) is 11.8 Å². The Kier molecular flexibility index (Phi) is 8.23. The summed E-state index contributed by atoms with van der Waals surface area (Å²) < 4.78 is 13.1. The second kappa shape index (κ2) is 12.3. The van der Waals surface area contributed by atoms with Gasteiger partial charge in [-0.1, -0.05) is 71.9 Å². The highest BCUT2D eigenvalue weighted by Gasteiger charge is 2.17. The molecule has 0 unspecified atom stereocenters. The lowest BCUT2D eigenvalue weighted by atomic mass is 10.1. The van der Waals surface area contributed by atoms with Gasteiger partial charge in [0.05, 0.1) is 12.9 Å². The Morgan fingerprint density at radius 1 is 0.846 bits per heavy atom. The molecule has 0 radical (unpaired) electrons. The van der Waals surface area contributed by atoms with Crippen molar-refractivity contribution in [1.29, 1.82) is 0 Å². The highest BCUT2D eigenvalue weighted by molar-refractivity contribution is 7.99. The molecule has 0 aliphatic rings. The molecule has 5 aromatic rings. The van der Waals surface area contributed by atoms with Crippen LogP contribution in [0, 0.1) is 6.92 Å². The lowest BCUT2D eigenvalue weighted by Gasteiger charge is -2.12. The zero-order valence-corrected chi connectivity index (χ0v) is 22.5. The van der Waals surface area contributed by atoms with Crippen LogP contribution in [0.15, 0.2) is 108 Å². The molecule has 0 spiro atoms. The van der Waals surface area contributed by atoms with Crippen molar-refractivity contribution in [2.24, 2.45) is 0 Å². The molecule has 7 nitrogen and oxygen atoms in total. The first-order valence-electron chi connectivity index (χ1n) is 12.5. The van der Waals surface area contributed by atoms with Gasteiger partial charge in [-0.3, -0.25) is 9.36 Å². The summed E-state index contributed by atoms with van der Waals surface area (Å²) in [6.07, 6.45) is 0. The lowest BCUT2D eigenvalue weighted by molar-refractivity contribution is -0.113. The van der Waals surface area contributed by atoms with Gasteiger partial charge in [0.15, 0.2) is 11.0 Å². The van der Waals surface area contributed by atoms with E-state index in [1.807, 2.05) is 115 Å². The number of hydrogen-bond acceptors (Lipinski definition) is 6. The van der Waals surface area contributed by atoms with Gasteiger partial charge in [0.2, 0.25) is 5.91 Å². The number of carbonyl (C=O) groups excluding carboxylic acids is 1. The van der Waals surface area contributed by atoms with E-state index in [2.05, 4.69) is 15.5 Å². The number of thioether (sulfide) groups is 1. The van der Waals surface area contributed by atoms with Crippen LogP contribution in [0.3, 0.4) is 0 Å². The standard InChI is InChI=1S/C31H28N4O3S/c1-22-8-10-24(11-9-22)30-33-34-31(35(30)26-14-18-27(37-2)19-15-26)39-21-29(36)32-25-12-16-28(17-13-25)38-20-23-6-4-3-5-7-23/h3-19H,20-21H2,1-2H3,(H,32,36). The number of ether oxygens (including phenoxy) is 2. The van der Waals surface area contributed by atoms with E-state index in [4.69, 9.17) is 9.47 Å². The Morgan fingerprint density at radius 2 is 1.54 bits per heavy atom. The average molecular weight is 537 g/mol. The van der Waals surface area contributed by atoms with Gasteiger partial charge in [0.25, 0.3) is 0 Å². The summed E-state index contributed by atoms with van der Waals surface area (Å²) >= 11 is 1.33. The average Bonchev–Trinajstić information content (AvgIpc) is 3.40. The Balaban J connectivity index is 1.26. The topological polar surface area (TPSA) is 78.3 Å². The van der Waals surface area contributed by atoms with Crippen LogP contribution in [0.1, 0.15) is 11.1 Å². The van der Waals surface area contributed by atoms with E-state index >= 15 is 0 Å². The third-order valence-electron chi connectivity index (χ3n) is 5.99. The summed E-state index contributed by atoms with van der Waals surface area (Å²) in [7, 11) is 1.64. The number of benzene rings is 4. The van der Waals surface area contributed by atoms with Gasteiger partial charge in [-0.15, -0.1) is 10.2 Å². The van der Waals surface area contributed by atoms with Crippen molar-refractivity contribution in [3.63, 3.8) is 0 Å². The van der Waals surface area contributed by atoms with Crippen LogP contribution in [0.5, 0.6) is 11.5 Å². The molecule has 0 bridgehead atoms. The number of anilines is 1. The number of aryl methyl sites for hydroxylation is 1. The SMILES string of the molecule is COc1ccc(-n2c(SCC(=O)Nc3ccc(OCc4ccccc4)cc3)nnc2-c2ccc(C)cc2)cc1. The van der Waals surface area contributed by atoms with Crippen LogP contribution in [0.2, 0.25) is 0 Å². The number of rotatable bonds is 10. The molecule has 1 amide bonds. The summed E-state index contributed by atoms with van der Waals surface area (Å²) in [6, 6.07) is 33.2. The molecule has 5 rings (SSSR count). The normalized spacial score (nSPS) is 10.7. The van der Waals surface area contributed by atoms with Gasteiger partial charge in [0, 0.05) is 16.9 Å². The highest BCUT2D eigenvalue weighted by atomic mass is 32.2. The summed E-state index contributed by atoms with van der Waals surface area (Å²) in [5.41, 5.74) is 4.78. The molecule has 1 aromatic heterocycles. The third-order valence-corrected chi connectivity index (χ3v) is 6.92. The Bertz CT molecular complexity index is 1520. The van der Waals surface area contributed by atoms with Crippen LogP contribution >= 0.6 is 11.8 Å². The summed E-state index contributed by atoms with van der Waals surface area (Å²) in [5.74, 6) is 2.23. The van der Waals surface area contributed by atoms with E-state index in [0.29, 0.717) is 23.3 Å². The molecule has 196 valence electrons. The number of methoxy groups -OCH3 is 1. The molecule has 4 aromatic carbocycles. The van der Waals surface area contributed by atoms with Crippen molar-refractivity contribution in [2.45, 2.75) is 18.7 Å². The predicted octanol–water partition coefficient (Wildman–Crippen LogP) is 6.56. The zero-order valence-electron chi connectivity index (χ0n) is 21.7. The van der Waals surface area contributed by atoms with Crippen molar-refractivity contribution in [3.05, 3.63) is 114 Å². The minimum absolute atomic E-state index is 0.140. The number of aromatic nitrogens is 3. The van der Waals surface area contributed by atoms with Gasteiger partial charge < -0.3 is 14.8 Å². The molecule has 0 saturated carbocycles. The Hall–Kier alpha value is -4.56. The van der Waals surface area contributed by atoms with Gasteiger partial charge in [-0.05, 0) is 61.0 Å². The molecule has 0 atom stereocenters. The summed E-state index contributed by atoms with van der Waals surface area (Å²) in [4.78, 5) is 12.8. The third kappa shape index (κ3) is 6.66. The number of nitrogens with one attached hydrogen (secondary N) is 1. The zero-order chi connectivity index (χ0) is 27.0. The van der Waals surface area contributed by atoms with E-state index in [-0.39, 0.29) is 11.7 Å². The van der Waals surface area contributed by atoms with E-state index in [9.17, 15) is 4.79 Å². The maximum absolute atomic E-state index is 12.8. The molecule has 39 heavy (non-hydrogen) atoms. The fourth-order valence-electron chi connectivity index (χ4n) is 3.92. The van der Waals surface area contributed by atoms with Crippen molar-refractivity contribution < 1.29 is 14.3 Å². The first kappa shape index (κ1) is 26.1. The number of carbonyl (C=O) groups is 1. The van der Waals surface area contributed by atoms with Gasteiger partial charge >= 0.3 is 0 Å². The highest BCUT2D eigenvalue weighted by Crippen LogP contribution is 2.29. The predicted molar refractivity (Wildman–Crippen MR) is 155 cm³/mol. The molecule has 0 aliphatic carbocycles. The second-order valence-electron chi connectivity index (χ2n) is 8.84.